The number of benzene rings is 1. The van der Waals surface area contributed by atoms with Crippen LogP contribution in [0.4, 0.5) is 0 Å². The van der Waals surface area contributed by atoms with Crippen LogP contribution < -0.4 is 0 Å². The van der Waals surface area contributed by atoms with Crippen LogP contribution in [-0.2, 0) is 13.0 Å². The lowest BCUT2D eigenvalue weighted by Crippen LogP contribution is -2.36. The fourth-order valence-electron chi connectivity index (χ4n) is 2.86. The molecule has 1 aromatic heterocycles. The molecule has 1 aliphatic rings. The molecule has 2 aromatic rings. The third-order valence-corrected chi connectivity index (χ3v) is 4.27. The van der Waals surface area contributed by atoms with E-state index in [2.05, 4.69) is 28.1 Å². The zero-order valence-corrected chi connectivity index (χ0v) is 11.9. The summed E-state index contributed by atoms with van der Waals surface area (Å²) in [5.74, 6) is 0. The quantitative estimate of drug-likeness (QED) is 0.943. The second-order valence-corrected chi connectivity index (χ2v) is 5.49. The number of pyridine rings is 1. The van der Waals surface area contributed by atoms with Crippen LogP contribution in [0, 0.1) is 0 Å². The van der Waals surface area contributed by atoms with Crippen LogP contribution in [-0.4, -0.2) is 28.1 Å². The summed E-state index contributed by atoms with van der Waals surface area (Å²) in [5.41, 5.74) is 3.62. The monoisotopic (exact) mass is 288 g/mol. The first-order chi connectivity index (χ1) is 9.79. The average Bonchev–Trinajstić information content (AvgIpc) is 2.49. The molecule has 0 amide bonds. The SMILES string of the molecule is OCC1c2ccccc2CCN1Cc1ccncc1Cl. The number of nitrogens with zero attached hydrogens (tertiary/aromatic N) is 2. The summed E-state index contributed by atoms with van der Waals surface area (Å²) in [4.78, 5) is 6.29. The van der Waals surface area contributed by atoms with Gasteiger partial charge in [0.2, 0.25) is 0 Å². The Hall–Kier alpha value is -1.42. The highest BCUT2D eigenvalue weighted by Gasteiger charge is 2.26. The van der Waals surface area contributed by atoms with E-state index < -0.39 is 0 Å². The van der Waals surface area contributed by atoms with Crippen molar-refractivity contribution in [2.45, 2.75) is 19.0 Å². The van der Waals surface area contributed by atoms with Gasteiger partial charge in [-0.1, -0.05) is 35.9 Å². The van der Waals surface area contributed by atoms with Gasteiger partial charge in [0.05, 0.1) is 17.7 Å². The molecule has 104 valence electrons. The Labute approximate surface area is 123 Å². The van der Waals surface area contributed by atoms with Gasteiger partial charge >= 0.3 is 0 Å². The van der Waals surface area contributed by atoms with E-state index in [0.29, 0.717) is 5.02 Å². The lowest BCUT2D eigenvalue weighted by atomic mass is 9.92. The highest BCUT2D eigenvalue weighted by atomic mass is 35.5. The summed E-state index contributed by atoms with van der Waals surface area (Å²) in [7, 11) is 0. The van der Waals surface area contributed by atoms with Crippen molar-refractivity contribution in [1.82, 2.24) is 9.88 Å². The van der Waals surface area contributed by atoms with Gasteiger partial charge in [0, 0.05) is 25.5 Å². The van der Waals surface area contributed by atoms with Gasteiger partial charge < -0.3 is 5.11 Å². The van der Waals surface area contributed by atoms with E-state index in [0.717, 1.165) is 25.1 Å². The Kier molecular flexibility index (Phi) is 4.01. The first-order valence-electron chi connectivity index (χ1n) is 6.80. The molecule has 0 spiro atoms. The molecule has 1 unspecified atom stereocenters. The Balaban J connectivity index is 1.87. The zero-order chi connectivity index (χ0) is 13.9. The molecular formula is C16H17ClN2O. The number of hydrogen-bond acceptors (Lipinski definition) is 3. The molecule has 0 radical (unpaired) electrons. The average molecular weight is 289 g/mol. The largest absolute Gasteiger partial charge is 0.394 e. The summed E-state index contributed by atoms with van der Waals surface area (Å²) in [6, 6.07) is 10.3. The molecular weight excluding hydrogens is 272 g/mol. The van der Waals surface area contributed by atoms with Gasteiger partial charge in [-0.2, -0.15) is 0 Å². The third kappa shape index (κ3) is 2.57. The summed E-state index contributed by atoms with van der Waals surface area (Å²) >= 11 is 6.18. The minimum atomic E-state index is 0.0455. The maximum Gasteiger partial charge on any atom is 0.0634 e. The number of rotatable bonds is 3. The van der Waals surface area contributed by atoms with Crippen LogP contribution in [0.25, 0.3) is 0 Å². The highest BCUT2D eigenvalue weighted by molar-refractivity contribution is 6.31. The van der Waals surface area contributed by atoms with Crippen LogP contribution in [0.2, 0.25) is 5.02 Å². The van der Waals surface area contributed by atoms with E-state index >= 15 is 0 Å². The van der Waals surface area contributed by atoms with Crippen molar-refractivity contribution in [2.75, 3.05) is 13.2 Å². The molecule has 2 heterocycles. The van der Waals surface area contributed by atoms with Gasteiger partial charge in [0.15, 0.2) is 0 Å². The first kappa shape index (κ1) is 13.6. The second kappa shape index (κ2) is 5.92. The molecule has 1 N–H and O–H groups in total. The van der Waals surface area contributed by atoms with Gasteiger partial charge in [-0.3, -0.25) is 9.88 Å². The molecule has 1 aliphatic heterocycles. The molecule has 3 nitrogen and oxygen atoms in total. The molecule has 3 rings (SSSR count). The standard InChI is InChI=1S/C16H17ClN2O/c17-15-9-18-7-5-13(15)10-19-8-6-12-3-1-2-4-14(12)16(19)11-20/h1-5,7,9,16,20H,6,8,10-11H2. The second-order valence-electron chi connectivity index (χ2n) is 5.08. The van der Waals surface area contributed by atoms with Gasteiger partial charge in [0.1, 0.15) is 0 Å². The van der Waals surface area contributed by atoms with Crippen molar-refractivity contribution >= 4 is 11.6 Å². The van der Waals surface area contributed by atoms with Gasteiger partial charge in [-0.15, -0.1) is 0 Å². The lowest BCUT2D eigenvalue weighted by Gasteiger charge is -2.36. The van der Waals surface area contributed by atoms with Crippen molar-refractivity contribution in [2.24, 2.45) is 0 Å². The number of fused-ring (bicyclic) bond motifs is 1. The van der Waals surface area contributed by atoms with E-state index in [1.165, 1.54) is 11.1 Å². The zero-order valence-electron chi connectivity index (χ0n) is 11.2. The molecule has 0 fully saturated rings. The van der Waals surface area contributed by atoms with Crippen molar-refractivity contribution < 1.29 is 5.11 Å². The number of hydrogen-bond donors (Lipinski definition) is 1. The predicted octanol–water partition coefficient (Wildman–Crippen LogP) is 2.83. The summed E-state index contributed by atoms with van der Waals surface area (Å²) in [6.45, 7) is 1.79. The minimum Gasteiger partial charge on any atom is -0.394 e. The van der Waals surface area contributed by atoms with E-state index in [9.17, 15) is 5.11 Å². The minimum absolute atomic E-state index is 0.0455. The van der Waals surface area contributed by atoms with E-state index in [-0.39, 0.29) is 12.6 Å². The van der Waals surface area contributed by atoms with E-state index in [4.69, 9.17) is 11.6 Å². The Morgan fingerprint density at radius 1 is 1.30 bits per heavy atom. The number of halogens is 1. The predicted molar refractivity (Wildman–Crippen MR) is 79.6 cm³/mol. The van der Waals surface area contributed by atoms with Crippen molar-refractivity contribution in [3.8, 4) is 0 Å². The molecule has 1 atom stereocenters. The normalized spacial score (nSPS) is 18.8. The van der Waals surface area contributed by atoms with Crippen molar-refractivity contribution in [3.63, 3.8) is 0 Å². The van der Waals surface area contributed by atoms with Crippen LogP contribution in [0.3, 0.4) is 0 Å². The fourth-order valence-corrected chi connectivity index (χ4v) is 3.04. The Bertz CT molecular complexity index is 603. The molecule has 1 aromatic carbocycles. The molecule has 20 heavy (non-hydrogen) atoms. The topological polar surface area (TPSA) is 36.4 Å². The summed E-state index contributed by atoms with van der Waals surface area (Å²) in [6.07, 6.45) is 4.44. The summed E-state index contributed by atoms with van der Waals surface area (Å²) < 4.78 is 0. The molecule has 0 saturated heterocycles. The van der Waals surface area contributed by atoms with Crippen LogP contribution in [0.15, 0.2) is 42.7 Å². The van der Waals surface area contributed by atoms with Crippen molar-refractivity contribution in [1.29, 1.82) is 0 Å². The maximum absolute atomic E-state index is 9.77. The lowest BCUT2D eigenvalue weighted by molar-refractivity contribution is 0.108. The summed E-state index contributed by atoms with van der Waals surface area (Å²) in [5, 5.41) is 10.5. The van der Waals surface area contributed by atoms with Crippen molar-refractivity contribution in [3.05, 3.63) is 64.4 Å². The Morgan fingerprint density at radius 3 is 2.95 bits per heavy atom. The number of aromatic nitrogens is 1. The highest BCUT2D eigenvalue weighted by Crippen LogP contribution is 2.31. The number of aliphatic hydroxyl groups excluding tert-OH is 1. The fraction of sp³-hybridized carbons (Fsp3) is 0.312. The van der Waals surface area contributed by atoms with E-state index in [1.54, 1.807) is 12.4 Å². The third-order valence-electron chi connectivity index (χ3n) is 3.93. The first-order valence-corrected chi connectivity index (χ1v) is 7.18. The van der Waals surface area contributed by atoms with Gasteiger partial charge in [-0.05, 0) is 29.2 Å². The van der Waals surface area contributed by atoms with Gasteiger partial charge in [-0.25, -0.2) is 0 Å². The maximum atomic E-state index is 9.77. The van der Waals surface area contributed by atoms with E-state index in [1.807, 2.05) is 12.1 Å². The van der Waals surface area contributed by atoms with Gasteiger partial charge in [0.25, 0.3) is 0 Å². The smallest absolute Gasteiger partial charge is 0.0634 e. The van der Waals surface area contributed by atoms with Crippen LogP contribution in [0.1, 0.15) is 22.7 Å². The molecule has 0 saturated carbocycles. The number of aliphatic hydroxyl groups is 1. The van der Waals surface area contributed by atoms with Crippen LogP contribution in [0.5, 0.6) is 0 Å². The molecule has 4 heteroatoms. The Morgan fingerprint density at radius 2 is 2.15 bits per heavy atom. The molecule has 0 aliphatic carbocycles. The van der Waals surface area contributed by atoms with Crippen LogP contribution >= 0.6 is 11.6 Å². The molecule has 0 bridgehead atoms.